The first-order valence-corrected chi connectivity index (χ1v) is 13.2. The summed E-state index contributed by atoms with van der Waals surface area (Å²) in [5.74, 6) is -0.476. The predicted octanol–water partition coefficient (Wildman–Crippen LogP) is 4.98. The largest absolute Gasteiger partial charge is 0.326 e. The van der Waals surface area contributed by atoms with Gasteiger partial charge >= 0.3 is 0 Å². The molecule has 0 heterocycles. The lowest BCUT2D eigenvalue weighted by Gasteiger charge is -2.09. The zero-order valence-corrected chi connectivity index (χ0v) is 20.6. The third-order valence-corrected chi connectivity index (χ3v) is 6.86. The van der Waals surface area contributed by atoms with E-state index in [1.54, 1.807) is 36.4 Å². The highest BCUT2D eigenvalue weighted by atomic mass is 32.2. The lowest BCUT2D eigenvalue weighted by molar-refractivity contribution is -0.115. The van der Waals surface area contributed by atoms with Crippen molar-refractivity contribution >= 4 is 33.2 Å². The SMILES string of the molecule is CCCCCCNS(=O)(=O)c1ccc(NC(=O)c2ccc(NC(=O)Cc3ccccc3)cc2)cc1. The summed E-state index contributed by atoms with van der Waals surface area (Å²) in [6.07, 6.45) is 4.24. The molecule has 3 N–H and O–H groups in total. The smallest absolute Gasteiger partial charge is 0.255 e. The Bertz CT molecular complexity index is 1210. The minimum Gasteiger partial charge on any atom is -0.326 e. The van der Waals surface area contributed by atoms with E-state index in [0.717, 1.165) is 31.2 Å². The predicted molar refractivity (Wildman–Crippen MR) is 139 cm³/mol. The van der Waals surface area contributed by atoms with Crippen molar-refractivity contribution in [2.24, 2.45) is 0 Å². The molecular formula is C27H31N3O4S. The van der Waals surface area contributed by atoms with Crippen molar-refractivity contribution in [1.82, 2.24) is 4.72 Å². The lowest BCUT2D eigenvalue weighted by Crippen LogP contribution is -2.24. The number of carbonyl (C=O) groups excluding carboxylic acids is 2. The number of anilines is 2. The standard InChI is InChI=1S/C27H31N3O4S/c1-2-3-4-8-19-28-35(33,34)25-17-15-24(16-18-25)30-27(32)22-11-13-23(14-12-22)29-26(31)20-21-9-6-5-7-10-21/h5-7,9-18,28H,2-4,8,19-20H2,1H3,(H,29,31)(H,30,32). The summed E-state index contributed by atoms with van der Waals surface area (Å²) in [6.45, 7) is 2.51. The summed E-state index contributed by atoms with van der Waals surface area (Å²) in [5, 5.41) is 5.57. The average Bonchev–Trinajstić information content (AvgIpc) is 2.85. The maximum atomic E-state index is 12.6. The van der Waals surface area contributed by atoms with Crippen molar-refractivity contribution in [3.05, 3.63) is 90.0 Å². The molecule has 0 spiro atoms. The third-order valence-electron chi connectivity index (χ3n) is 5.38. The van der Waals surface area contributed by atoms with E-state index in [2.05, 4.69) is 22.3 Å². The van der Waals surface area contributed by atoms with Crippen LogP contribution in [0.15, 0.2) is 83.8 Å². The minimum absolute atomic E-state index is 0.140. The fraction of sp³-hybridized carbons (Fsp3) is 0.259. The summed E-state index contributed by atoms with van der Waals surface area (Å²) in [6, 6.07) is 22.1. The van der Waals surface area contributed by atoms with Gasteiger partial charge in [0.05, 0.1) is 11.3 Å². The van der Waals surface area contributed by atoms with Crippen molar-refractivity contribution in [2.75, 3.05) is 17.2 Å². The number of nitrogens with one attached hydrogen (secondary N) is 3. The molecule has 8 heteroatoms. The quantitative estimate of drug-likeness (QED) is 0.310. The molecule has 3 rings (SSSR count). The van der Waals surface area contributed by atoms with Crippen LogP contribution < -0.4 is 15.4 Å². The van der Waals surface area contributed by atoms with E-state index >= 15 is 0 Å². The monoisotopic (exact) mass is 493 g/mol. The molecule has 184 valence electrons. The van der Waals surface area contributed by atoms with Gasteiger partial charge in [0.15, 0.2) is 0 Å². The van der Waals surface area contributed by atoms with Crippen molar-refractivity contribution < 1.29 is 18.0 Å². The molecule has 2 amide bonds. The van der Waals surface area contributed by atoms with Crippen LogP contribution in [0.4, 0.5) is 11.4 Å². The van der Waals surface area contributed by atoms with E-state index in [4.69, 9.17) is 0 Å². The Morgan fingerprint density at radius 2 is 1.37 bits per heavy atom. The molecule has 0 aromatic heterocycles. The van der Waals surface area contributed by atoms with Gasteiger partial charge < -0.3 is 10.6 Å². The molecule has 0 unspecified atom stereocenters. The van der Waals surface area contributed by atoms with Crippen LogP contribution in [0.1, 0.15) is 48.5 Å². The molecule has 0 radical (unpaired) electrons. The van der Waals surface area contributed by atoms with Gasteiger partial charge in [0.2, 0.25) is 15.9 Å². The molecule has 0 saturated carbocycles. The number of sulfonamides is 1. The number of amides is 2. The Hall–Kier alpha value is -3.49. The first-order chi connectivity index (χ1) is 16.9. The zero-order chi connectivity index (χ0) is 25.1. The van der Waals surface area contributed by atoms with E-state index < -0.39 is 10.0 Å². The van der Waals surface area contributed by atoms with Gasteiger partial charge in [-0.1, -0.05) is 56.5 Å². The number of hydrogen-bond donors (Lipinski definition) is 3. The fourth-order valence-corrected chi connectivity index (χ4v) is 4.53. The highest BCUT2D eigenvalue weighted by Gasteiger charge is 2.14. The minimum atomic E-state index is -3.58. The van der Waals surface area contributed by atoms with Crippen molar-refractivity contribution in [2.45, 2.75) is 43.9 Å². The molecule has 0 aliphatic carbocycles. The average molecular weight is 494 g/mol. The second-order valence-corrected chi connectivity index (χ2v) is 9.99. The Morgan fingerprint density at radius 3 is 2.03 bits per heavy atom. The fourth-order valence-electron chi connectivity index (χ4n) is 3.45. The second kappa shape index (κ2) is 12.8. The summed E-state index contributed by atoms with van der Waals surface area (Å²) >= 11 is 0. The van der Waals surface area contributed by atoms with Gasteiger partial charge in [0.1, 0.15) is 0 Å². The van der Waals surface area contributed by atoms with Gasteiger partial charge in [-0.15, -0.1) is 0 Å². The Labute approximate surface area is 207 Å². The number of unbranched alkanes of at least 4 members (excludes halogenated alkanes) is 3. The molecule has 0 bridgehead atoms. The maximum absolute atomic E-state index is 12.6. The van der Waals surface area contributed by atoms with Gasteiger partial charge in [-0.2, -0.15) is 0 Å². The molecule has 0 aliphatic rings. The second-order valence-electron chi connectivity index (χ2n) is 8.22. The van der Waals surface area contributed by atoms with Crippen LogP contribution in [0.3, 0.4) is 0 Å². The van der Waals surface area contributed by atoms with E-state index in [-0.39, 0.29) is 23.1 Å². The molecule has 35 heavy (non-hydrogen) atoms. The van der Waals surface area contributed by atoms with Crippen LogP contribution in [0.2, 0.25) is 0 Å². The molecular weight excluding hydrogens is 462 g/mol. The van der Waals surface area contributed by atoms with Crippen LogP contribution in [0.25, 0.3) is 0 Å². The Morgan fingerprint density at radius 1 is 0.743 bits per heavy atom. The van der Waals surface area contributed by atoms with Gasteiger partial charge in [0, 0.05) is 23.5 Å². The molecule has 3 aromatic carbocycles. The summed E-state index contributed by atoms with van der Waals surface area (Å²) in [4.78, 5) is 24.9. The maximum Gasteiger partial charge on any atom is 0.255 e. The van der Waals surface area contributed by atoms with E-state index in [0.29, 0.717) is 23.5 Å². The van der Waals surface area contributed by atoms with Crippen LogP contribution in [-0.4, -0.2) is 26.8 Å². The normalized spacial score (nSPS) is 11.1. The summed E-state index contributed by atoms with van der Waals surface area (Å²) < 4.78 is 27.4. The Kier molecular flexibility index (Phi) is 9.57. The molecule has 7 nitrogen and oxygen atoms in total. The molecule has 0 atom stereocenters. The van der Waals surface area contributed by atoms with Crippen molar-refractivity contribution in [3.63, 3.8) is 0 Å². The first-order valence-electron chi connectivity index (χ1n) is 11.7. The van der Waals surface area contributed by atoms with Gasteiger partial charge in [0.25, 0.3) is 5.91 Å². The van der Waals surface area contributed by atoms with E-state index in [1.807, 2.05) is 30.3 Å². The third kappa shape index (κ3) is 8.35. The topological polar surface area (TPSA) is 104 Å². The van der Waals surface area contributed by atoms with E-state index in [1.165, 1.54) is 12.1 Å². The van der Waals surface area contributed by atoms with Gasteiger partial charge in [-0.3, -0.25) is 9.59 Å². The number of rotatable bonds is 12. The van der Waals surface area contributed by atoms with Crippen LogP contribution >= 0.6 is 0 Å². The molecule has 0 saturated heterocycles. The van der Waals surface area contributed by atoms with Crippen molar-refractivity contribution in [1.29, 1.82) is 0 Å². The van der Waals surface area contributed by atoms with Gasteiger partial charge in [-0.25, -0.2) is 13.1 Å². The summed E-state index contributed by atoms with van der Waals surface area (Å²) in [5.41, 5.74) is 2.41. The highest BCUT2D eigenvalue weighted by molar-refractivity contribution is 7.89. The molecule has 0 fully saturated rings. The number of carbonyl (C=O) groups is 2. The van der Waals surface area contributed by atoms with Crippen LogP contribution in [0.5, 0.6) is 0 Å². The van der Waals surface area contributed by atoms with Crippen molar-refractivity contribution in [3.8, 4) is 0 Å². The summed E-state index contributed by atoms with van der Waals surface area (Å²) in [7, 11) is -3.58. The van der Waals surface area contributed by atoms with Gasteiger partial charge in [-0.05, 0) is 60.5 Å². The van der Waals surface area contributed by atoms with Crippen LogP contribution in [0, 0.1) is 0 Å². The van der Waals surface area contributed by atoms with E-state index in [9.17, 15) is 18.0 Å². The first kappa shape index (κ1) is 26.1. The Balaban J connectivity index is 1.51. The lowest BCUT2D eigenvalue weighted by atomic mass is 10.1. The number of hydrogen-bond acceptors (Lipinski definition) is 4. The highest BCUT2D eigenvalue weighted by Crippen LogP contribution is 2.16. The van der Waals surface area contributed by atoms with Crippen LogP contribution in [-0.2, 0) is 21.2 Å². The molecule has 3 aromatic rings. The molecule has 0 aliphatic heterocycles. The number of benzene rings is 3. The zero-order valence-electron chi connectivity index (χ0n) is 19.8.